The van der Waals surface area contributed by atoms with Crippen molar-refractivity contribution in [3.05, 3.63) is 28.8 Å². The van der Waals surface area contributed by atoms with E-state index in [1.54, 1.807) is 12.1 Å². The molecule has 5 heteroatoms. The van der Waals surface area contributed by atoms with Crippen LogP contribution in [0.4, 0.5) is 0 Å². The predicted octanol–water partition coefficient (Wildman–Crippen LogP) is 3.19. The van der Waals surface area contributed by atoms with E-state index in [1.165, 1.54) is 19.3 Å². The molecule has 2 bridgehead atoms. The van der Waals surface area contributed by atoms with E-state index in [9.17, 15) is 4.79 Å². The van der Waals surface area contributed by atoms with E-state index in [4.69, 9.17) is 22.1 Å². The van der Waals surface area contributed by atoms with Gasteiger partial charge in [-0.15, -0.1) is 0 Å². The first-order chi connectivity index (χ1) is 11.7. The van der Waals surface area contributed by atoms with Crippen molar-refractivity contribution < 1.29 is 9.53 Å². The lowest BCUT2D eigenvalue weighted by molar-refractivity contribution is 0.0776. The molecule has 0 aromatic heterocycles. The SMILES string of the molecule is NCCCOc1ccc(C(=O)N2C[C@@H]3[C@@H]4CC[C@@H](C4)[C@@H]3C2)cc1Cl. The molecule has 0 radical (unpaired) electrons. The standard InChI is InChI=1S/C19H25ClN2O2/c20-17-9-14(4-5-18(17)24-7-1-6-21)19(23)22-10-15-12-2-3-13(8-12)16(15)11-22/h4-5,9,12-13,15-16H,1-3,6-8,10-11,21H2/t12-,13+,15-,16+. The number of benzene rings is 1. The van der Waals surface area contributed by atoms with Crippen LogP contribution in [0.3, 0.4) is 0 Å². The molecule has 0 spiro atoms. The van der Waals surface area contributed by atoms with Crippen LogP contribution in [-0.2, 0) is 0 Å². The van der Waals surface area contributed by atoms with Crippen LogP contribution in [0, 0.1) is 23.7 Å². The second kappa shape index (κ2) is 6.57. The summed E-state index contributed by atoms with van der Waals surface area (Å²) in [5, 5.41) is 0.498. The zero-order valence-corrected chi connectivity index (χ0v) is 14.7. The molecule has 3 fully saturated rings. The van der Waals surface area contributed by atoms with Gasteiger partial charge in [-0.3, -0.25) is 4.79 Å². The van der Waals surface area contributed by atoms with Crippen molar-refractivity contribution in [2.45, 2.75) is 25.7 Å². The summed E-state index contributed by atoms with van der Waals surface area (Å²) < 4.78 is 5.60. The van der Waals surface area contributed by atoms with E-state index >= 15 is 0 Å². The number of likely N-dealkylation sites (tertiary alicyclic amines) is 1. The Morgan fingerprint density at radius 3 is 2.58 bits per heavy atom. The number of hydrogen-bond donors (Lipinski definition) is 1. The third kappa shape index (κ3) is 2.80. The molecule has 24 heavy (non-hydrogen) atoms. The molecule has 1 amide bonds. The van der Waals surface area contributed by atoms with Gasteiger partial charge in [0, 0.05) is 18.7 Å². The molecular weight excluding hydrogens is 324 g/mol. The highest BCUT2D eigenvalue weighted by molar-refractivity contribution is 6.32. The third-order valence-electron chi connectivity index (χ3n) is 6.21. The predicted molar refractivity (Wildman–Crippen MR) is 94.3 cm³/mol. The number of fused-ring (bicyclic) bond motifs is 5. The fourth-order valence-electron chi connectivity index (χ4n) is 5.05. The highest BCUT2D eigenvalue weighted by Gasteiger charge is 2.52. The Labute approximate surface area is 148 Å². The van der Waals surface area contributed by atoms with E-state index in [0.29, 0.717) is 29.5 Å². The van der Waals surface area contributed by atoms with Gasteiger partial charge in [-0.1, -0.05) is 11.6 Å². The highest BCUT2D eigenvalue weighted by atomic mass is 35.5. The molecule has 4 nitrogen and oxygen atoms in total. The summed E-state index contributed by atoms with van der Waals surface area (Å²) in [7, 11) is 0. The first kappa shape index (κ1) is 16.2. The van der Waals surface area contributed by atoms with Gasteiger partial charge in [0.25, 0.3) is 5.91 Å². The summed E-state index contributed by atoms with van der Waals surface area (Å²) in [5.74, 6) is 3.93. The zero-order chi connectivity index (χ0) is 16.7. The summed E-state index contributed by atoms with van der Waals surface area (Å²) in [6.07, 6.45) is 4.93. The average molecular weight is 349 g/mol. The van der Waals surface area contributed by atoms with Gasteiger partial charge in [-0.25, -0.2) is 0 Å². The lowest BCUT2D eigenvalue weighted by atomic mass is 9.82. The van der Waals surface area contributed by atoms with Crippen LogP contribution in [-0.4, -0.2) is 37.0 Å². The highest BCUT2D eigenvalue weighted by Crippen LogP contribution is 2.55. The molecule has 4 atom stereocenters. The molecule has 1 aromatic carbocycles. The Morgan fingerprint density at radius 2 is 1.96 bits per heavy atom. The Balaban J connectivity index is 1.42. The Morgan fingerprint density at radius 1 is 1.25 bits per heavy atom. The first-order valence-electron chi connectivity index (χ1n) is 9.09. The lowest BCUT2D eigenvalue weighted by Crippen LogP contribution is -2.30. The lowest BCUT2D eigenvalue weighted by Gasteiger charge is -2.22. The summed E-state index contributed by atoms with van der Waals surface area (Å²) in [6, 6.07) is 5.37. The Bertz CT molecular complexity index is 618. The van der Waals surface area contributed by atoms with Crippen molar-refractivity contribution in [2.75, 3.05) is 26.2 Å². The fraction of sp³-hybridized carbons (Fsp3) is 0.632. The smallest absolute Gasteiger partial charge is 0.253 e. The van der Waals surface area contributed by atoms with Crippen molar-refractivity contribution in [3.63, 3.8) is 0 Å². The topological polar surface area (TPSA) is 55.6 Å². The van der Waals surface area contributed by atoms with Gasteiger partial charge in [0.05, 0.1) is 11.6 Å². The van der Waals surface area contributed by atoms with Gasteiger partial charge >= 0.3 is 0 Å². The number of hydrogen-bond acceptors (Lipinski definition) is 3. The van der Waals surface area contributed by atoms with Crippen LogP contribution in [0.15, 0.2) is 18.2 Å². The minimum absolute atomic E-state index is 0.110. The molecule has 3 aliphatic rings. The minimum atomic E-state index is 0.110. The molecule has 1 aliphatic heterocycles. The maximum absolute atomic E-state index is 12.8. The van der Waals surface area contributed by atoms with Crippen LogP contribution in [0.1, 0.15) is 36.0 Å². The number of nitrogens with two attached hydrogens (primary N) is 1. The second-order valence-electron chi connectivity index (χ2n) is 7.51. The number of rotatable bonds is 5. The van der Waals surface area contributed by atoms with E-state index < -0.39 is 0 Å². The van der Waals surface area contributed by atoms with Gasteiger partial charge in [0.1, 0.15) is 5.75 Å². The normalized spacial score (nSPS) is 30.7. The number of carbonyl (C=O) groups is 1. The van der Waals surface area contributed by atoms with Crippen LogP contribution in [0.5, 0.6) is 5.75 Å². The molecule has 130 valence electrons. The number of halogens is 1. The number of carbonyl (C=O) groups excluding carboxylic acids is 1. The van der Waals surface area contributed by atoms with Crippen LogP contribution < -0.4 is 10.5 Å². The van der Waals surface area contributed by atoms with Gasteiger partial charge in [0.2, 0.25) is 0 Å². The second-order valence-corrected chi connectivity index (χ2v) is 7.91. The van der Waals surface area contributed by atoms with Crippen molar-refractivity contribution in [3.8, 4) is 5.75 Å². The minimum Gasteiger partial charge on any atom is -0.492 e. The van der Waals surface area contributed by atoms with Crippen LogP contribution in [0.25, 0.3) is 0 Å². The number of nitrogens with zero attached hydrogens (tertiary/aromatic N) is 1. The number of ether oxygens (including phenoxy) is 1. The molecule has 1 heterocycles. The first-order valence-corrected chi connectivity index (χ1v) is 9.47. The Kier molecular flexibility index (Phi) is 4.44. The van der Waals surface area contributed by atoms with Crippen LogP contribution in [0.2, 0.25) is 5.02 Å². The van der Waals surface area contributed by atoms with Crippen molar-refractivity contribution in [1.82, 2.24) is 4.90 Å². The van der Waals surface area contributed by atoms with Gasteiger partial charge in [-0.05, 0) is 74.1 Å². The molecular formula is C19H25ClN2O2. The maximum atomic E-state index is 12.8. The Hall–Kier alpha value is -1.26. The quantitative estimate of drug-likeness (QED) is 0.831. The van der Waals surface area contributed by atoms with E-state index in [-0.39, 0.29) is 5.91 Å². The van der Waals surface area contributed by atoms with Gasteiger partial charge < -0.3 is 15.4 Å². The van der Waals surface area contributed by atoms with E-state index in [2.05, 4.69) is 0 Å². The zero-order valence-electron chi connectivity index (χ0n) is 13.9. The molecule has 1 aromatic rings. The van der Waals surface area contributed by atoms with E-state index in [0.717, 1.165) is 43.2 Å². The molecule has 1 saturated heterocycles. The molecule has 2 N–H and O–H groups in total. The molecule has 4 rings (SSSR count). The third-order valence-corrected chi connectivity index (χ3v) is 6.50. The summed E-state index contributed by atoms with van der Waals surface area (Å²) in [5.41, 5.74) is 6.13. The van der Waals surface area contributed by atoms with Crippen molar-refractivity contribution in [1.29, 1.82) is 0 Å². The largest absolute Gasteiger partial charge is 0.492 e. The number of amides is 1. The van der Waals surface area contributed by atoms with E-state index in [1.807, 2.05) is 11.0 Å². The maximum Gasteiger partial charge on any atom is 0.253 e. The monoisotopic (exact) mass is 348 g/mol. The molecule has 2 aliphatic carbocycles. The molecule has 0 unspecified atom stereocenters. The fourth-order valence-corrected chi connectivity index (χ4v) is 5.28. The summed E-state index contributed by atoms with van der Waals surface area (Å²) in [6.45, 7) is 2.99. The van der Waals surface area contributed by atoms with Gasteiger partial charge in [0.15, 0.2) is 0 Å². The summed E-state index contributed by atoms with van der Waals surface area (Å²) >= 11 is 6.28. The van der Waals surface area contributed by atoms with Crippen LogP contribution >= 0.6 is 11.6 Å². The summed E-state index contributed by atoms with van der Waals surface area (Å²) in [4.78, 5) is 14.9. The van der Waals surface area contributed by atoms with Gasteiger partial charge in [-0.2, -0.15) is 0 Å². The average Bonchev–Trinajstić information content (AvgIpc) is 3.28. The van der Waals surface area contributed by atoms with Crippen molar-refractivity contribution in [2.24, 2.45) is 29.4 Å². The molecule has 2 saturated carbocycles. The van der Waals surface area contributed by atoms with Crippen molar-refractivity contribution >= 4 is 17.5 Å².